The highest BCUT2D eigenvalue weighted by Gasteiger charge is 2.13. The lowest BCUT2D eigenvalue weighted by atomic mass is 10.1. The number of esters is 1. The van der Waals surface area contributed by atoms with Crippen molar-refractivity contribution in [3.63, 3.8) is 0 Å². The maximum atomic E-state index is 12.1. The molecule has 0 saturated heterocycles. The molecule has 0 spiro atoms. The molecule has 0 aromatic rings. The molecule has 1 N–H and O–H groups in total. The van der Waals surface area contributed by atoms with Crippen molar-refractivity contribution in [3.05, 3.63) is 72.9 Å². The van der Waals surface area contributed by atoms with E-state index in [-0.39, 0.29) is 19.2 Å². The van der Waals surface area contributed by atoms with E-state index in [1.165, 1.54) is 64.2 Å². The molecule has 0 heterocycles. The van der Waals surface area contributed by atoms with E-state index in [9.17, 15) is 9.90 Å². The molecular formula is C42H72O4. The number of unbranched alkanes of at least 4 members (excludes halogenated alkanes) is 14. The second kappa shape index (κ2) is 39.0. The van der Waals surface area contributed by atoms with Gasteiger partial charge in [0.1, 0.15) is 6.10 Å². The van der Waals surface area contributed by atoms with Gasteiger partial charge in [-0.15, -0.1) is 0 Å². The van der Waals surface area contributed by atoms with Gasteiger partial charge >= 0.3 is 5.97 Å². The minimum Gasteiger partial charge on any atom is -0.457 e. The minimum absolute atomic E-state index is 0.185. The van der Waals surface area contributed by atoms with E-state index in [1.807, 2.05) is 0 Å². The summed E-state index contributed by atoms with van der Waals surface area (Å²) < 4.78 is 11.1. The maximum absolute atomic E-state index is 12.1. The van der Waals surface area contributed by atoms with Gasteiger partial charge in [0.2, 0.25) is 0 Å². The normalized spacial score (nSPS) is 13.2. The molecule has 0 aliphatic carbocycles. The van der Waals surface area contributed by atoms with E-state index in [2.05, 4.69) is 86.8 Å². The van der Waals surface area contributed by atoms with E-state index in [0.717, 1.165) is 77.0 Å². The van der Waals surface area contributed by atoms with Crippen LogP contribution in [0.3, 0.4) is 0 Å². The first-order valence-electron chi connectivity index (χ1n) is 19.0. The highest BCUT2D eigenvalue weighted by Crippen LogP contribution is 2.12. The van der Waals surface area contributed by atoms with Crippen molar-refractivity contribution in [2.75, 3.05) is 19.8 Å². The van der Waals surface area contributed by atoms with Gasteiger partial charge < -0.3 is 14.6 Å². The summed E-state index contributed by atoms with van der Waals surface area (Å²) in [6.45, 7) is 5.19. The fraction of sp³-hybridized carbons (Fsp3) is 0.690. The topological polar surface area (TPSA) is 55.8 Å². The predicted octanol–water partition coefficient (Wildman–Crippen LogP) is 12.3. The number of ether oxygens (including phenoxy) is 2. The number of hydrogen-bond donors (Lipinski definition) is 1. The highest BCUT2D eigenvalue weighted by atomic mass is 16.6. The molecule has 0 amide bonds. The Kier molecular flexibility index (Phi) is 37.2. The zero-order valence-electron chi connectivity index (χ0n) is 30.1. The van der Waals surface area contributed by atoms with E-state index in [1.54, 1.807) is 0 Å². The molecule has 1 atom stereocenters. The van der Waals surface area contributed by atoms with Gasteiger partial charge in [0, 0.05) is 13.0 Å². The van der Waals surface area contributed by atoms with Gasteiger partial charge in [-0.05, 0) is 64.2 Å². The lowest BCUT2D eigenvalue weighted by Crippen LogP contribution is -2.27. The zero-order valence-corrected chi connectivity index (χ0v) is 30.1. The Morgan fingerprint density at radius 1 is 0.543 bits per heavy atom. The van der Waals surface area contributed by atoms with Gasteiger partial charge in [-0.3, -0.25) is 4.79 Å². The molecule has 264 valence electrons. The number of hydrogen-bond acceptors (Lipinski definition) is 4. The van der Waals surface area contributed by atoms with Crippen LogP contribution >= 0.6 is 0 Å². The van der Waals surface area contributed by atoms with Gasteiger partial charge in [-0.1, -0.05) is 164 Å². The Balaban J connectivity index is 3.57. The van der Waals surface area contributed by atoms with Crippen molar-refractivity contribution in [3.8, 4) is 0 Å². The largest absolute Gasteiger partial charge is 0.457 e. The van der Waals surface area contributed by atoms with Crippen LogP contribution in [0.4, 0.5) is 0 Å². The number of rotatable bonds is 34. The van der Waals surface area contributed by atoms with Crippen molar-refractivity contribution in [2.24, 2.45) is 0 Å². The second-order valence-corrected chi connectivity index (χ2v) is 12.3. The summed E-state index contributed by atoms with van der Waals surface area (Å²) in [4.78, 5) is 12.1. The van der Waals surface area contributed by atoms with Crippen LogP contribution in [0.15, 0.2) is 72.9 Å². The van der Waals surface area contributed by atoms with Gasteiger partial charge in [0.25, 0.3) is 0 Å². The SMILES string of the molecule is CC/C=C\C/C=C\C/C=C\C/C=C\C/C=C\C/C=C\CCCCCCC(=O)OC(CO)COCCCCCCCCCCCCC. The van der Waals surface area contributed by atoms with Gasteiger partial charge in [-0.2, -0.15) is 0 Å². The highest BCUT2D eigenvalue weighted by molar-refractivity contribution is 5.69. The Labute approximate surface area is 285 Å². The predicted molar refractivity (Wildman–Crippen MR) is 200 cm³/mol. The van der Waals surface area contributed by atoms with Crippen LogP contribution in [0.1, 0.15) is 162 Å². The Morgan fingerprint density at radius 2 is 0.978 bits per heavy atom. The van der Waals surface area contributed by atoms with Gasteiger partial charge in [0.05, 0.1) is 13.2 Å². The van der Waals surface area contributed by atoms with Gasteiger partial charge in [0.15, 0.2) is 0 Å². The Morgan fingerprint density at radius 3 is 1.48 bits per heavy atom. The number of aliphatic hydroxyl groups is 1. The molecule has 0 fully saturated rings. The third-order valence-corrected chi connectivity index (χ3v) is 7.80. The maximum Gasteiger partial charge on any atom is 0.306 e. The van der Waals surface area contributed by atoms with Crippen LogP contribution in [-0.4, -0.2) is 37.0 Å². The van der Waals surface area contributed by atoms with Crippen molar-refractivity contribution in [1.29, 1.82) is 0 Å². The van der Waals surface area contributed by atoms with Gasteiger partial charge in [-0.25, -0.2) is 0 Å². The van der Waals surface area contributed by atoms with Crippen LogP contribution in [0.25, 0.3) is 0 Å². The Bertz CT molecular complexity index is 804. The molecule has 4 nitrogen and oxygen atoms in total. The molecule has 0 aromatic carbocycles. The lowest BCUT2D eigenvalue weighted by Gasteiger charge is -2.15. The summed E-state index contributed by atoms with van der Waals surface area (Å²) in [5, 5.41) is 9.55. The van der Waals surface area contributed by atoms with E-state index in [4.69, 9.17) is 9.47 Å². The summed E-state index contributed by atoms with van der Waals surface area (Å²) in [6, 6.07) is 0. The smallest absolute Gasteiger partial charge is 0.306 e. The quantitative estimate of drug-likeness (QED) is 0.0432. The molecule has 0 saturated carbocycles. The van der Waals surface area contributed by atoms with Crippen LogP contribution in [0, 0.1) is 0 Å². The van der Waals surface area contributed by atoms with Crippen LogP contribution in [0.5, 0.6) is 0 Å². The van der Waals surface area contributed by atoms with Crippen LogP contribution in [0.2, 0.25) is 0 Å². The molecular weight excluding hydrogens is 568 g/mol. The average molecular weight is 641 g/mol. The van der Waals surface area contributed by atoms with Crippen LogP contribution in [-0.2, 0) is 14.3 Å². The summed E-state index contributed by atoms with van der Waals surface area (Å²) in [5.74, 6) is -0.227. The summed E-state index contributed by atoms with van der Waals surface area (Å²) in [7, 11) is 0. The first-order chi connectivity index (χ1) is 22.7. The first kappa shape index (κ1) is 43.8. The zero-order chi connectivity index (χ0) is 33.4. The first-order valence-corrected chi connectivity index (χ1v) is 19.0. The van der Waals surface area contributed by atoms with E-state index in [0.29, 0.717) is 13.0 Å². The van der Waals surface area contributed by atoms with Crippen molar-refractivity contribution in [2.45, 2.75) is 168 Å². The molecule has 0 aliphatic heterocycles. The standard InChI is InChI=1S/C42H72O4/c1-3-5-7-9-11-13-15-16-17-18-19-20-21-22-23-24-25-26-27-29-31-33-35-37-42(44)46-41(39-43)40-45-38-36-34-32-30-28-14-12-10-8-6-4-2/h5,7,11,13,16-17,19-20,22-23,25-26,41,43H,3-4,6,8-10,12,14-15,18,21,24,27-40H2,1-2H3/b7-5-,13-11-,17-16-,20-19-,23-22-,26-25-. The number of aliphatic hydroxyl groups excluding tert-OH is 1. The average Bonchev–Trinajstić information content (AvgIpc) is 3.06. The molecule has 0 aliphatic rings. The number of carbonyl (C=O) groups excluding carboxylic acids is 1. The second-order valence-electron chi connectivity index (χ2n) is 12.3. The summed E-state index contributed by atoms with van der Waals surface area (Å²) in [6.07, 6.45) is 52.3. The number of carbonyl (C=O) groups is 1. The minimum atomic E-state index is -0.548. The van der Waals surface area contributed by atoms with E-state index >= 15 is 0 Å². The summed E-state index contributed by atoms with van der Waals surface area (Å²) >= 11 is 0. The molecule has 46 heavy (non-hydrogen) atoms. The number of allylic oxidation sites excluding steroid dienone is 12. The molecule has 0 bridgehead atoms. The fourth-order valence-corrected chi connectivity index (χ4v) is 4.98. The van der Waals surface area contributed by atoms with E-state index < -0.39 is 6.10 Å². The van der Waals surface area contributed by atoms with Crippen molar-refractivity contribution < 1.29 is 19.4 Å². The van der Waals surface area contributed by atoms with Crippen molar-refractivity contribution >= 4 is 5.97 Å². The third kappa shape index (κ3) is 36.3. The Hall–Kier alpha value is -2.17. The lowest BCUT2D eigenvalue weighted by molar-refractivity contribution is -0.154. The van der Waals surface area contributed by atoms with Crippen molar-refractivity contribution in [1.82, 2.24) is 0 Å². The third-order valence-electron chi connectivity index (χ3n) is 7.80. The molecule has 0 aromatic heterocycles. The van der Waals surface area contributed by atoms with Crippen LogP contribution < -0.4 is 0 Å². The molecule has 4 heteroatoms. The fourth-order valence-electron chi connectivity index (χ4n) is 4.98. The molecule has 1 unspecified atom stereocenters. The molecule has 0 rings (SSSR count). The summed E-state index contributed by atoms with van der Waals surface area (Å²) in [5.41, 5.74) is 0. The monoisotopic (exact) mass is 641 g/mol. The molecule has 0 radical (unpaired) electrons.